The quantitative estimate of drug-likeness (QED) is 0.621. The van der Waals surface area contributed by atoms with Crippen LogP contribution in [0, 0.1) is 0 Å². The summed E-state index contributed by atoms with van der Waals surface area (Å²) in [6.07, 6.45) is 0. The zero-order chi connectivity index (χ0) is 15.8. The summed E-state index contributed by atoms with van der Waals surface area (Å²) in [5.74, 6) is 0. The average molecular weight is 475 g/mol. The molecule has 0 unspecified atom stereocenters. The van der Waals surface area contributed by atoms with Crippen molar-refractivity contribution < 1.29 is 8.42 Å². The Morgan fingerprint density at radius 1 is 1.05 bits per heavy atom. The van der Waals surface area contributed by atoms with Crippen molar-refractivity contribution in [2.24, 2.45) is 0 Å². The van der Waals surface area contributed by atoms with E-state index in [1.54, 1.807) is 12.1 Å². The van der Waals surface area contributed by atoms with E-state index in [0.29, 0.717) is 20.3 Å². The van der Waals surface area contributed by atoms with Gasteiger partial charge in [-0.15, -0.1) is 0 Å². The van der Waals surface area contributed by atoms with Crippen molar-refractivity contribution in [3.05, 3.63) is 49.3 Å². The van der Waals surface area contributed by atoms with E-state index in [1.807, 2.05) is 0 Å². The first kappa shape index (κ1) is 16.9. The summed E-state index contributed by atoms with van der Waals surface area (Å²) in [5.41, 5.74) is 6.47. The fourth-order valence-corrected chi connectivity index (χ4v) is 5.11. The molecule has 0 amide bonds. The van der Waals surface area contributed by atoms with E-state index in [9.17, 15) is 8.42 Å². The van der Waals surface area contributed by atoms with Crippen molar-refractivity contribution in [2.45, 2.75) is 4.90 Å². The fourth-order valence-electron chi connectivity index (χ4n) is 1.56. The van der Waals surface area contributed by atoms with Crippen LogP contribution in [0.3, 0.4) is 0 Å². The minimum absolute atomic E-state index is 0.0783. The molecule has 0 fully saturated rings. The molecule has 0 aliphatic carbocycles. The topological polar surface area (TPSA) is 72.2 Å². The highest BCUT2D eigenvalue weighted by Gasteiger charge is 2.21. The third-order valence-corrected chi connectivity index (χ3v) is 5.80. The molecule has 0 radical (unpaired) electrons. The second kappa shape index (κ2) is 6.34. The van der Waals surface area contributed by atoms with E-state index >= 15 is 0 Å². The van der Waals surface area contributed by atoms with Gasteiger partial charge in [0.2, 0.25) is 0 Å². The largest absolute Gasteiger partial charge is 0.399 e. The molecule has 9 heteroatoms. The Morgan fingerprint density at radius 2 is 1.62 bits per heavy atom. The number of halogens is 4. The highest BCUT2D eigenvalue weighted by atomic mass is 79.9. The molecule has 0 saturated heterocycles. The van der Waals surface area contributed by atoms with Crippen molar-refractivity contribution in [1.82, 2.24) is 0 Å². The number of sulfonamides is 1. The molecule has 2 aromatic carbocycles. The van der Waals surface area contributed by atoms with Crippen molar-refractivity contribution >= 4 is 76.5 Å². The molecule has 2 aromatic rings. The second-order valence-electron chi connectivity index (χ2n) is 4.04. The molecule has 0 aliphatic heterocycles. The maximum absolute atomic E-state index is 12.4. The number of nitrogens with two attached hydrogens (primary N) is 1. The molecule has 3 N–H and O–H groups in total. The van der Waals surface area contributed by atoms with Crippen LogP contribution in [0.5, 0.6) is 0 Å². The Labute approximate surface area is 148 Å². The van der Waals surface area contributed by atoms with E-state index in [4.69, 9.17) is 28.9 Å². The van der Waals surface area contributed by atoms with Gasteiger partial charge >= 0.3 is 0 Å². The highest BCUT2D eigenvalue weighted by Crippen LogP contribution is 2.36. The number of benzene rings is 2. The van der Waals surface area contributed by atoms with Gasteiger partial charge in [0.1, 0.15) is 4.90 Å². The molecule has 2 rings (SSSR count). The average Bonchev–Trinajstić information content (AvgIpc) is 2.36. The molecule has 0 aromatic heterocycles. The van der Waals surface area contributed by atoms with Gasteiger partial charge in [-0.25, -0.2) is 8.42 Å². The molecule has 4 nitrogen and oxygen atoms in total. The molecule has 0 saturated carbocycles. The van der Waals surface area contributed by atoms with Crippen LogP contribution >= 0.6 is 55.1 Å². The first-order valence-electron chi connectivity index (χ1n) is 5.43. The van der Waals surface area contributed by atoms with Crippen LogP contribution in [0.1, 0.15) is 0 Å². The minimum atomic E-state index is -3.89. The molecule has 0 bridgehead atoms. The summed E-state index contributed by atoms with van der Waals surface area (Å²) < 4.78 is 28.3. The summed E-state index contributed by atoms with van der Waals surface area (Å²) in [5, 5.41) is 0.352. The van der Waals surface area contributed by atoms with E-state index in [0.717, 1.165) is 0 Å². The zero-order valence-electron chi connectivity index (χ0n) is 10.2. The first-order valence-corrected chi connectivity index (χ1v) is 9.25. The van der Waals surface area contributed by atoms with Crippen molar-refractivity contribution in [1.29, 1.82) is 0 Å². The summed E-state index contributed by atoms with van der Waals surface area (Å²) in [6, 6.07) is 7.39. The third kappa shape index (κ3) is 3.84. The molecular weight excluding hydrogens is 467 g/mol. The molecule has 0 spiro atoms. The van der Waals surface area contributed by atoms with Gasteiger partial charge in [-0.1, -0.05) is 23.2 Å². The minimum Gasteiger partial charge on any atom is -0.399 e. The highest BCUT2D eigenvalue weighted by molar-refractivity contribution is 9.11. The van der Waals surface area contributed by atoms with Crippen LogP contribution in [-0.2, 0) is 10.0 Å². The number of rotatable bonds is 3. The Morgan fingerprint density at radius 3 is 2.19 bits per heavy atom. The van der Waals surface area contributed by atoms with Gasteiger partial charge in [0.15, 0.2) is 0 Å². The molecule has 0 aliphatic rings. The van der Waals surface area contributed by atoms with Gasteiger partial charge in [-0.2, -0.15) is 0 Å². The molecule has 0 atom stereocenters. The number of anilines is 2. The predicted octanol–water partition coefficient (Wildman–Crippen LogP) is 4.90. The maximum Gasteiger partial charge on any atom is 0.263 e. The van der Waals surface area contributed by atoms with E-state index in [-0.39, 0.29) is 14.9 Å². The predicted molar refractivity (Wildman–Crippen MR) is 93.5 cm³/mol. The molecule has 0 heterocycles. The SMILES string of the molecule is Nc1cc(Br)c(NS(=O)(=O)c2cc(Cl)ccc2Cl)c(Br)c1. The number of nitrogen functional groups attached to an aromatic ring is 1. The van der Waals surface area contributed by atoms with Crippen molar-refractivity contribution in [3.8, 4) is 0 Å². The lowest BCUT2D eigenvalue weighted by Crippen LogP contribution is -2.14. The smallest absolute Gasteiger partial charge is 0.263 e. The van der Waals surface area contributed by atoms with Crippen molar-refractivity contribution in [3.63, 3.8) is 0 Å². The number of hydrogen-bond donors (Lipinski definition) is 2. The summed E-state index contributed by atoms with van der Waals surface area (Å²) in [6.45, 7) is 0. The normalized spacial score (nSPS) is 11.4. The lowest BCUT2D eigenvalue weighted by Gasteiger charge is -2.13. The summed E-state index contributed by atoms with van der Waals surface area (Å²) in [4.78, 5) is -0.104. The first-order chi connectivity index (χ1) is 9.70. The second-order valence-corrected chi connectivity index (χ2v) is 8.24. The lowest BCUT2D eigenvalue weighted by molar-refractivity contribution is 0.601. The van der Waals surface area contributed by atoms with Crippen LogP contribution in [-0.4, -0.2) is 8.42 Å². The zero-order valence-corrected chi connectivity index (χ0v) is 15.7. The number of hydrogen-bond acceptors (Lipinski definition) is 3. The van der Waals surface area contributed by atoms with Gasteiger partial charge in [-0.3, -0.25) is 4.72 Å². The van der Waals surface area contributed by atoms with Crippen molar-refractivity contribution in [2.75, 3.05) is 10.5 Å². The molecule has 21 heavy (non-hydrogen) atoms. The third-order valence-electron chi connectivity index (χ3n) is 2.48. The van der Waals surface area contributed by atoms with E-state index < -0.39 is 10.0 Å². The molecule has 112 valence electrons. The Hall–Kier alpha value is -0.470. The van der Waals surface area contributed by atoms with E-state index in [2.05, 4.69) is 36.6 Å². The number of nitrogens with one attached hydrogen (secondary N) is 1. The maximum atomic E-state index is 12.4. The fraction of sp³-hybridized carbons (Fsp3) is 0. The lowest BCUT2D eigenvalue weighted by atomic mass is 10.3. The van der Waals surface area contributed by atoms with E-state index in [1.165, 1.54) is 18.2 Å². The van der Waals surface area contributed by atoms with Gasteiger partial charge < -0.3 is 5.73 Å². The van der Waals surface area contributed by atoms with Gasteiger partial charge in [0.05, 0.1) is 10.7 Å². The van der Waals surface area contributed by atoms with Crippen LogP contribution < -0.4 is 10.5 Å². The Balaban J connectivity index is 2.50. The Bertz CT molecular complexity index is 790. The van der Waals surface area contributed by atoms with Gasteiger partial charge in [-0.05, 0) is 62.2 Å². The van der Waals surface area contributed by atoms with Gasteiger partial charge in [0.25, 0.3) is 10.0 Å². The van der Waals surface area contributed by atoms with Crippen LogP contribution in [0.2, 0.25) is 10.0 Å². The summed E-state index contributed by atoms with van der Waals surface area (Å²) in [7, 11) is -3.89. The van der Waals surface area contributed by atoms with Crippen LogP contribution in [0.4, 0.5) is 11.4 Å². The monoisotopic (exact) mass is 472 g/mol. The summed E-state index contributed by atoms with van der Waals surface area (Å²) >= 11 is 18.3. The standard InChI is InChI=1S/C12H8Br2Cl2N2O2S/c13-8-4-7(17)5-9(14)12(8)18-21(19,20)11-3-6(15)1-2-10(11)16/h1-5,18H,17H2. The molecular formula is C12H8Br2Cl2N2O2S. The Kier molecular flexibility index (Phi) is 5.10. The van der Waals surface area contributed by atoms with Crippen LogP contribution in [0.25, 0.3) is 0 Å². The van der Waals surface area contributed by atoms with Crippen LogP contribution in [0.15, 0.2) is 44.2 Å². The van der Waals surface area contributed by atoms with Gasteiger partial charge in [0, 0.05) is 19.7 Å².